The highest BCUT2D eigenvalue weighted by molar-refractivity contribution is 5.97. The summed E-state index contributed by atoms with van der Waals surface area (Å²) in [6.07, 6.45) is 6.71. The summed E-state index contributed by atoms with van der Waals surface area (Å²) < 4.78 is 0. The van der Waals surface area contributed by atoms with Gasteiger partial charge in [-0.2, -0.15) is 5.10 Å². The second-order valence-corrected chi connectivity index (χ2v) is 5.46. The summed E-state index contributed by atoms with van der Waals surface area (Å²) in [6.45, 7) is 0. The van der Waals surface area contributed by atoms with Crippen LogP contribution in [-0.2, 0) is 9.59 Å². The molecular weight excluding hydrogens is 282 g/mol. The maximum atomic E-state index is 11.7. The maximum Gasteiger partial charge on any atom is 0.249 e. The summed E-state index contributed by atoms with van der Waals surface area (Å²) in [7, 11) is 0. The standard InChI is InChI=1S/C16H21N3O3/c20-14-8-6-12(7-9-14)11-17-19-16(22)10-15(21)18-13-4-2-1-3-5-13/h6-9,11,13,20H,1-5,10H2,(H,18,21)(H,19,22)/b17-11+. The Hall–Kier alpha value is -2.37. The first-order chi connectivity index (χ1) is 10.6. The third-order valence-electron chi connectivity index (χ3n) is 3.59. The predicted molar refractivity (Wildman–Crippen MR) is 83.5 cm³/mol. The van der Waals surface area contributed by atoms with Gasteiger partial charge in [-0.25, -0.2) is 5.43 Å². The van der Waals surface area contributed by atoms with Crippen LogP contribution in [0.5, 0.6) is 5.75 Å². The van der Waals surface area contributed by atoms with Crippen molar-refractivity contribution in [3.63, 3.8) is 0 Å². The average Bonchev–Trinajstić information content (AvgIpc) is 2.50. The molecule has 1 saturated carbocycles. The van der Waals surface area contributed by atoms with Gasteiger partial charge in [0.15, 0.2) is 0 Å². The molecule has 0 aliphatic heterocycles. The Morgan fingerprint density at radius 3 is 2.50 bits per heavy atom. The Morgan fingerprint density at radius 2 is 1.82 bits per heavy atom. The van der Waals surface area contributed by atoms with Crippen molar-refractivity contribution in [3.8, 4) is 5.75 Å². The number of carbonyl (C=O) groups is 2. The number of phenols is 1. The fraction of sp³-hybridized carbons (Fsp3) is 0.438. The Bertz CT molecular complexity index is 534. The van der Waals surface area contributed by atoms with Gasteiger partial charge in [-0.15, -0.1) is 0 Å². The Balaban J connectivity index is 1.70. The van der Waals surface area contributed by atoms with Crippen molar-refractivity contribution in [2.45, 2.75) is 44.6 Å². The summed E-state index contributed by atoms with van der Waals surface area (Å²) in [6, 6.07) is 6.60. The van der Waals surface area contributed by atoms with Gasteiger partial charge in [0.1, 0.15) is 12.2 Å². The van der Waals surface area contributed by atoms with Crippen molar-refractivity contribution >= 4 is 18.0 Å². The average molecular weight is 303 g/mol. The van der Waals surface area contributed by atoms with Gasteiger partial charge in [0.2, 0.25) is 11.8 Å². The topological polar surface area (TPSA) is 90.8 Å². The highest BCUT2D eigenvalue weighted by Gasteiger charge is 2.17. The maximum absolute atomic E-state index is 11.7. The normalized spacial score (nSPS) is 15.6. The van der Waals surface area contributed by atoms with Crippen LogP contribution in [0, 0.1) is 0 Å². The van der Waals surface area contributed by atoms with Crippen molar-refractivity contribution in [2.24, 2.45) is 5.10 Å². The van der Waals surface area contributed by atoms with E-state index in [1.807, 2.05) is 0 Å². The van der Waals surface area contributed by atoms with Gasteiger partial charge in [0, 0.05) is 6.04 Å². The summed E-state index contributed by atoms with van der Waals surface area (Å²) in [5, 5.41) is 15.8. The van der Waals surface area contributed by atoms with E-state index in [4.69, 9.17) is 5.11 Å². The van der Waals surface area contributed by atoms with Gasteiger partial charge in [-0.05, 0) is 42.7 Å². The number of nitrogens with one attached hydrogen (secondary N) is 2. The van der Waals surface area contributed by atoms with E-state index in [-0.39, 0.29) is 24.1 Å². The van der Waals surface area contributed by atoms with Gasteiger partial charge < -0.3 is 10.4 Å². The summed E-state index contributed by atoms with van der Waals surface area (Å²) in [5.41, 5.74) is 3.06. The van der Waals surface area contributed by atoms with E-state index in [2.05, 4.69) is 15.8 Å². The Kier molecular flexibility index (Phi) is 5.94. The number of aromatic hydroxyl groups is 1. The highest BCUT2D eigenvalue weighted by Crippen LogP contribution is 2.17. The molecule has 0 spiro atoms. The molecule has 0 unspecified atom stereocenters. The van der Waals surface area contributed by atoms with Gasteiger partial charge in [-0.3, -0.25) is 9.59 Å². The van der Waals surface area contributed by atoms with Crippen LogP contribution in [0.3, 0.4) is 0 Å². The number of hydrogen-bond acceptors (Lipinski definition) is 4. The lowest BCUT2D eigenvalue weighted by Gasteiger charge is -2.22. The predicted octanol–water partition coefficient (Wildman–Crippen LogP) is 1.68. The van der Waals surface area contributed by atoms with E-state index < -0.39 is 5.91 Å². The molecule has 6 heteroatoms. The Morgan fingerprint density at radius 1 is 1.14 bits per heavy atom. The Labute approximate surface area is 129 Å². The molecule has 1 aliphatic rings. The van der Waals surface area contributed by atoms with E-state index in [1.165, 1.54) is 24.8 Å². The van der Waals surface area contributed by atoms with Gasteiger partial charge >= 0.3 is 0 Å². The molecule has 0 saturated heterocycles. The quantitative estimate of drug-likeness (QED) is 0.439. The third kappa shape index (κ3) is 5.55. The molecule has 1 aromatic rings. The van der Waals surface area contributed by atoms with Crippen molar-refractivity contribution in [3.05, 3.63) is 29.8 Å². The lowest BCUT2D eigenvalue weighted by atomic mass is 9.95. The van der Waals surface area contributed by atoms with Crippen LogP contribution in [0.15, 0.2) is 29.4 Å². The van der Waals surface area contributed by atoms with Crippen molar-refractivity contribution in [1.29, 1.82) is 0 Å². The second kappa shape index (κ2) is 8.17. The lowest BCUT2D eigenvalue weighted by Crippen LogP contribution is -2.38. The number of phenolic OH excluding ortho intramolecular Hbond substituents is 1. The number of nitrogens with zero attached hydrogens (tertiary/aromatic N) is 1. The van der Waals surface area contributed by atoms with Crippen LogP contribution in [0.4, 0.5) is 0 Å². The molecule has 3 N–H and O–H groups in total. The summed E-state index contributed by atoms with van der Waals surface area (Å²) >= 11 is 0. The molecule has 0 radical (unpaired) electrons. The minimum absolute atomic E-state index is 0.167. The lowest BCUT2D eigenvalue weighted by molar-refractivity contribution is -0.129. The number of carbonyl (C=O) groups excluding carboxylic acids is 2. The van der Waals surface area contributed by atoms with E-state index >= 15 is 0 Å². The number of benzene rings is 1. The zero-order valence-corrected chi connectivity index (χ0v) is 12.4. The zero-order chi connectivity index (χ0) is 15.8. The molecule has 6 nitrogen and oxygen atoms in total. The molecule has 0 bridgehead atoms. The first-order valence-corrected chi connectivity index (χ1v) is 7.54. The summed E-state index contributed by atoms with van der Waals surface area (Å²) in [4.78, 5) is 23.4. The first kappa shape index (κ1) is 16.0. The summed E-state index contributed by atoms with van der Waals surface area (Å²) in [5.74, 6) is -0.534. The third-order valence-corrected chi connectivity index (χ3v) is 3.59. The van der Waals surface area contributed by atoms with E-state index in [0.717, 1.165) is 31.2 Å². The molecule has 0 aromatic heterocycles. The SMILES string of the molecule is O=C(CC(=O)NC1CCCCC1)N/N=C/c1ccc(O)cc1. The van der Waals surface area contributed by atoms with Gasteiger partial charge in [-0.1, -0.05) is 19.3 Å². The molecular formula is C16H21N3O3. The monoisotopic (exact) mass is 303 g/mol. The van der Waals surface area contributed by atoms with Crippen molar-refractivity contribution in [1.82, 2.24) is 10.7 Å². The zero-order valence-electron chi connectivity index (χ0n) is 12.4. The molecule has 2 amide bonds. The van der Waals surface area contributed by atoms with Crippen LogP contribution >= 0.6 is 0 Å². The van der Waals surface area contributed by atoms with Crippen LogP contribution in [0.1, 0.15) is 44.1 Å². The molecule has 0 heterocycles. The van der Waals surface area contributed by atoms with E-state index in [1.54, 1.807) is 12.1 Å². The second-order valence-electron chi connectivity index (χ2n) is 5.46. The first-order valence-electron chi connectivity index (χ1n) is 7.54. The number of hydrazone groups is 1. The molecule has 0 atom stereocenters. The molecule has 2 rings (SSSR count). The van der Waals surface area contributed by atoms with Crippen LogP contribution in [0.25, 0.3) is 0 Å². The van der Waals surface area contributed by atoms with Crippen molar-refractivity contribution < 1.29 is 14.7 Å². The van der Waals surface area contributed by atoms with Crippen LogP contribution in [-0.4, -0.2) is 29.2 Å². The molecule has 118 valence electrons. The van der Waals surface area contributed by atoms with E-state index in [0.29, 0.717) is 0 Å². The fourth-order valence-electron chi connectivity index (χ4n) is 2.45. The molecule has 1 aliphatic carbocycles. The minimum Gasteiger partial charge on any atom is -0.508 e. The molecule has 22 heavy (non-hydrogen) atoms. The number of rotatable bonds is 5. The van der Waals surface area contributed by atoms with Crippen LogP contribution < -0.4 is 10.7 Å². The van der Waals surface area contributed by atoms with Crippen molar-refractivity contribution in [2.75, 3.05) is 0 Å². The minimum atomic E-state index is -0.441. The molecule has 1 fully saturated rings. The van der Waals surface area contributed by atoms with Crippen LogP contribution in [0.2, 0.25) is 0 Å². The number of hydrogen-bond donors (Lipinski definition) is 3. The molecule has 1 aromatic carbocycles. The van der Waals surface area contributed by atoms with Gasteiger partial charge in [0.25, 0.3) is 0 Å². The largest absolute Gasteiger partial charge is 0.508 e. The smallest absolute Gasteiger partial charge is 0.249 e. The van der Waals surface area contributed by atoms with Gasteiger partial charge in [0.05, 0.1) is 6.21 Å². The van der Waals surface area contributed by atoms with E-state index in [9.17, 15) is 9.59 Å². The fourth-order valence-corrected chi connectivity index (χ4v) is 2.45. The number of amides is 2. The highest BCUT2D eigenvalue weighted by atomic mass is 16.3.